The minimum absolute atomic E-state index is 0.345. The largest absolute Gasteiger partial charge is 0.479 e. The van der Waals surface area contributed by atoms with Crippen molar-refractivity contribution in [3.63, 3.8) is 0 Å². The lowest BCUT2D eigenvalue weighted by Gasteiger charge is -2.12. The highest BCUT2D eigenvalue weighted by molar-refractivity contribution is 8.05. The minimum atomic E-state index is -0.936. The second-order valence-electron chi connectivity index (χ2n) is 2.61. The standard InChI is InChI=1S/C10H16O3S/c1-4-6-14-8(3)7-9(10(11)12)13-5-2/h4,6,9H,3,5,7H2,1-2H3,(H,11,12)/b6-4-. The number of ether oxygens (including phenoxy) is 1. The molecular weight excluding hydrogens is 200 g/mol. The number of allylic oxidation sites excluding steroid dienone is 1. The van der Waals surface area contributed by atoms with E-state index in [2.05, 4.69) is 6.58 Å². The Morgan fingerprint density at radius 2 is 2.36 bits per heavy atom. The van der Waals surface area contributed by atoms with Crippen LogP contribution in [0.15, 0.2) is 23.0 Å². The van der Waals surface area contributed by atoms with Gasteiger partial charge in [-0.1, -0.05) is 12.7 Å². The van der Waals surface area contributed by atoms with E-state index in [1.165, 1.54) is 11.8 Å². The number of carbonyl (C=O) groups is 1. The Bertz CT molecular complexity index is 223. The van der Waals surface area contributed by atoms with Crippen molar-refractivity contribution < 1.29 is 14.6 Å². The van der Waals surface area contributed by atoms with Crippen LogP contribution in [0.25, 0.3) is 0 Å². The fourth-order valence-corrected chi connectivity index (χ4v) is 1.41. The molecule has 1 unspecified atom stereocenters. The van der Waals surface area contributed by atoms with Crippen molar-refractivity contribution in [1.82, 2.24) is 0 Å². The summed E-state index contributed by atoms with van der Waals surface area (Å²) in [4.78, 5) is 11.5. The van der Waals surface area contributed by atoms with Gasteiger partial charge >= 0.3 is 5.97 Å². The van der Waals surface area contributed by atoms with Crippen LogP contribution in [0.3, 0.4) is 0 Å². The van der Waals surface area contributed by atoms with Gasteiger partial charge in [0.1, 0.15) is 0 Å². The van der Waals surface area contributed by atoms with Gasteiger partial charge in [0, 0.05) is 13.0 Å². The Balaban J connectivity index is 4.02. The smallest absolute Gasteiger partial charge is 0.333 e. The first-order chi connectivity index (χ1) is 6.61. The first-order valence-corrected chi connectivity index (χ1v) is 5.29. The monoisotopic (exact) mass is 216 g/mol. The number of rotatable bonds is 7. The van der Waals surface area contributed by atoms with Gasteiger partial charge in [-0.2, -0.15) is 0 Å². The molecule has 0 aliphatic carbocycles. The van der Waals surface area contributed by atoms with Crippen LogP contribution in [0.5, 0.6) is 0 Å². The molecule has 1 atom stereocenters. The third-order valence-corrected chi connectivity index (χ3v) is 2.34. The van der Waals surface area contributed by atoms with Gasteiger partial charge in [0.2, 0.25) is 0 Å². The summed E-state index contributed by atoms with van der Waals surface area (Å²) in [5, 5.41) is 10.7. The maximum Gasteiger partial charge on any atom is 0.333 e. The fourth-order valence-electron chi connectivity index (χ4n) is 0.838. The predicted molar refractivity (Wildman–Crippen MR) is 59.2 cm³/mol. The molecule has 0 radical (unpaired) electrons. The molecule has 0 amide bonds. The molecule has 0 saturated carbocycles. The Hall–Kier alpha value is -0.740. The zero-order chi connectivity index (χ0) is 11.0. The van der Waals surface area contributed by atoms with Gasteiger partial charge in [-0.3, -0.25) is 0 Å². The lowest BCUT2D eigenvalue weighted by Crippen LogP contribution is -2.23. The number of aliphatic carboxylic acids is 1. The summed E-state index contributed by atoms with van der Waals surface area (Å²) in [5.74, 6) is -0.936. The molecule has 0 bridgehead atoms. The van der Waals surface area contributed by atoms with Crippen LogP contribution in [-0.4, -0.2) is 23.8 Å². The summed E-state index contributed by atoms with van der Waals surface area (Å²) in [6, 6.07) is 0. The number of thioether (sulfide) groups is 1. The van der Waals surface area contributed by atoms with Crippen LogP contribution in [0.1, 0.15) is 20.3 Å². The fraction of sp³-hybridized carbons (Fsp3) is 0.500. The predicted octanol–water partition coefficient (Wildman–Crippen LogP) is 2.65. The number of hydrogen-bond donors (Lipinski definition) is 1. The number of hydrogen-bond acceptors (Lipinski definition) is 3. The van der Waals surface area contributed by atoms with Gasteiger partial charge in [0.05, 0.1) is 0 Å². The van der Waals surface area contributed by atoms with Crippen LogP contribution in [-0.2, 0) is 9.53 Å². The highest BCUT2D eigenvalue weighted by Crippen LogP contribution is 2.21. The molecule has 0 aromatic rings. The van der Waals surface area contributed by atoms with Crippen molar-refractivity contribution in [3.8, 4) is 0 Å². The van der Waals surface area contributed by atoms with Crippen molar-refractivity contribution in [3.05, 3.63) is 23.0 Å². The molecule has 0 heterocycles. The topological polar surface area (TPSA) is 46.5 Å². The number of carboxylic acid groups (broad SMARTS) is 1. The Labute approximate surface area is 88.8 Å². The van der Waals surface area contributed by atoms with Gasteiger partial charge in [-0.05, 0) is 24.2 Å². The van der Waals surface area contributed by atoms with Crippen LogP contribution < -0.4 is 0 Å². The van der Waals surface area contributed by atoms with Gasteiger partial charge < -0.3 is 9.84 Å². The third kappa shape index (κ3) is 5.83. The second kappa shape index (κ2) is 7.64. The first-order valence-electron chi connectivity index (χ1n) is 4.41. The first kappa shape index (κ1) is 13.3. The molecule has 3 nitrogen and oxygen atoms in total. The normalized spacial score (nSPS) is 13.0. The maximum atomic E-state index is 10.7. The summed E-state index contributed by atoms with van der Waals surface area (Å²) < 4.78 is 5.06. The zero-order valence-electron chi connectivity index (χ0n) is 8.53. The van der Waals surface area contributed by atoms with E-state index in [0.29, 0.717) is 13.0 Å². The lowest BCUT2D eigenvalue weighted by molar-refractivity contribution is -0.149. The van der Waals surface area contributed by atoms with E-state index >= 15 is 0 Å². The SMILES string of the molecule is C=C(CC(OCC)C(=O)O)S/C=C\C. The zero-order valence-corrected chi connectivity index (χ0v) is 9.34. The maximum absolute atomic E-state index is 10.7. The summed E-state index contributed by atoms with van der Waals surface area (Å²) in [5.41, 5.74) is 0. The van der Waals surface area contributed by atoms with Crippen molar-refractivity contribution >= 4 is 17.7 Å². The third-order valence-electron chi connectivity index (χ3n) is 1.43. The van der Waals surface area contributed by atoms with Gasteiger partial charge in [-0.15, -0.1) is 11.8 Å². The van der Waals surface area contributed by atoms with Crippen LogP contribution in [0.4, 0.5) is 0 Å². The summed E-state index contributed by atoms with van der Waals surface area (Å²) in [6.45, 7) is 7.84. The van der Waals surface area contributed by atoms with E-state index in [-0.39, 0.29) is 0 Å². The van der Waals surface area contributed by atoms with Gasteiger partial charge in [0.15, 0.2) is 6.10 Å². The molecule has 80 valence electrons. The Morgan fingerprint density at radius 1 is 1.71 bits per heavy atom. The van der Waals surface area contributed by atoms with E-state index < -0.39 is 12.1 Å². The minimum Gasteiger partial charge on any atom is -0.479 e. The highest BCUT2D eigenvalue weighted by Gasteiger charge is 2.18. The highest BCUT2D eigenvalue weighted by atomic mass is 32.2. The molecule has 0 fully saturated rings. The molecule has 0 aromatic heterocycles. The molecule has 0 aromatic carbocycles. The molecule has 0 aliphatic rings. The van der Waals surface area contributed by atoms with Crippen molar-refractivity contribution in [2.45, 2.75) is 26.4 Å². The van der Waals surface area contributed by atoms with Gasteiger partial charge in [-0.25, -0.2) is 4.79 Å². The van der Waals surface area contributed by atoms with E-state index in [4.69, 9.17) is 9.84 Å². The summed E-state index contributed by atoms with van der Waals surface area (Å²) in [6.07, 6.45) is 1.45. The lowest BCUT2D eigenvalue weighted by atomic mass is 10.2. The van der Waals surface area contributed by atoms with Gasteiger partial charge in [0.25, 0.3) is 0 Å². The van der Waals surface area contributed by atoms with Crippen LogP contribution in [0.2, 0.25) is 0 Å². The molecule has 0 saturated heterocycles. The quantitative estimate of drug-likeness (QED) is 0.710. The van der Waals surface area contributed by atoms with Crippen LogP contribution >= 0.6 is 11.8 Å². The van der Waals surface area contributed by atoms with E-state index in [9.17, 15) is 4.79 Å². The molecule has 0 spiro atoms. The van der Waals surface area contributed by atoms with E-state index in [1.54, 1.807) is 6.92 Å². The van der Waals surface area contributed by atoms with E-state index in [0.717, 1.165) is 4.91 Å². The molecule has 0 rings (SSSR count). The van der Waals surface area contributed by atoms with E-state index in [1.807, 2.05) is 18.4 Å². The number of carboxylic acids is 1. The molecular formula is C10H16O3S. The molecule has 1 N–H and O–H groups in total. The summed E-state index contributed by atoms with van der Waals surface area (Å²) >= 11 is 1.43. The summed E-state index contributed by atoms with van der Waals surface area (Å²) in [7, 11) is 0. The molecule has 0 aliphatic heterocycles. The molecule has 4 heteroatoms. The average molecular weight is 216 g/mol. The second-order valence-corrected chi connectivity index (χ2v) is 3.70. The Morgan fingerprint density at radius 3 is 2.79 bits per heavy atom. The molecule has 14 heavy (non-hydrogen) atoms. The van der Waals surface area contributed by atoms with Crippen molar-refractivity contribution in [1.29, 1.82) is 0 Å². The van der Waals surface area contributed by atoms with Crippen molar-refractivity contribution in [2.24, 2.45) is 0 Å². The van der Waals surface area contributed by atoms with Crippen LogP contribution in [0, 0.1) is 0 Å². The van der Waals surface area contributed by atoms with Crippen molar-refractivity contribution in [2.75, 3.05) is 6.61 Å². The Kier molecular flexibility index (Phi) is 7.24. The average Bonchev–Trinajstić information content (AvgIpc) is 2.14.